The van der Waals surface area contributed by atoms with E-state index in [1.165, 1.54) is 149 Å². The van der Waals surface area contributed by atoms with Gasteiger partial charge in [-0.1, -0.05) is 115 Å². The smallest absolute Gasteiger partial charge is 0.0546 e. The molecule has 0 amide bonds. The molecule has 0 aliphatic heterocycles. The Bertz CT molecular complexity index is 3250. The molecule has 8 aromatic rings. The Labute approximate surface area is 380 Å². The average Bonchev–Trinajstić information content (AvgIpc) is 4.03. The van der Waals surface area contributed by atoms with Crippen molar-refractivity contribution in [1.82, 2.24) is 0 Å². The van der Waals surface area contributed by atoms with Gasteiger partial charge in [0.15, 0.2) is 0 Å². The molecule has 2 heteroatoms. The highest BCUT2D eigenvalue weighted by atomic mass is 15.2. The Balaban J connectivity index is 1.14. The monoisotopic (exact) mass is 834 g/mol. The summed E-state index contributed by atoms with van der Waals surface area (Å²) in [5.74, 6) is 0.559. The van der Waals surface area contributed by atoms with E-state index < -0.39 is 0 Å². The number of anilines is 6. The van der Waals surface area contributed by atoms with E-state index in [9.17, 15) is 0 Å². The highest BCUT2D eigenvalue weighted by Gasteiger charge is 2.42. The van der Waals surface area contributed by atoms with Gasteiger partial charge in [-0.2, -0.15) is 0 Å². The summed E-state index contributed by atoms with van der Waals surface area (Å²) in [6.07, 6.45) is 9.45. The van der Waals surface area contributed by atoms with Crippen molar-refractivity contribution in [2.75, 3.05) is 9.80 Å². The van der Waals surface area contributed by atoms with Crippen LogP contribution in [-0.4, -0.2) is 0 Å². The highest BCUT2D eigenvalue weighted by molar-refractivity contribution is 6.24. The number of nitrogens with zero attached hydrogens (tertiary/aromatic N) is 2. The van der Waals surface area contributed by atoms with Gasteiger partial charge in [0, 0.05) is 33.5 Å². The summed E-state index contributed by atoms with van der Waals surface area (Å²) in [5.41, 5.74) is 21.0. The minimum Gasteiger partial charge on any atom is -0.310 e. The molecule has 0 spiro atoms. The molecule has 4 aliphatic rings. The maximum atomic E-state index is 2.60. The van der Waals surface area contributed by atoms with Gasteiger partial charge in [-0.3, -0.25) is 0 Å². The number of benzene rings is 8. The van der Waals surface area contributed by atoms with Crippen LogP contribution in [0.1, 0.15) is 130 Å². The minimum absolute atomic E-state index is 0.0892. The van der Waals surface area contributed by atoms with Crippen molar-refractivity contribution in [3.63, 3.8) is 0 Å². The topological polar surface area (TPSA) is 6.48 Å². The standard InChI is InChI=1S/C62H62N2/c1-38-19-26-50-53-34-58(63(44-22-20-40-13-11-15-42(40)30-44)47-25-28-55-57(33-47)62(7,8)37-61(55,5)6)51-18-10-9-17-49(51)52(53)35-59(54(50)29-38)64(45-23-21-41-14-12-16-43(41)31-45)46-24-27-48-39(2)36-60(3,4)56(48)32-46/h9-10,17-35,39H,11-16,36-37H2,1-8H3. The van der Waals surface area contributed by atoms with Gasteiger partial charge in [0.1, 0.15) is 0 Å². The number of hydrogen-bond acceptors (Lipinski definition) is 2. The predicted molar refractivity (Wildman–Crippen MR) is 274 cm³/mol. The van der Waals surface area contributed by atoms with Crippen LogP contribution in [0.5, 0.6) is 0 Å². The predicted octanol–water partition coefficient (Wildman–Crippen LogP) is 17.1. The van der Waals surface area contributed by atoms with E-state index in [1.54, 1.807) is 0 Å². The van der Waals surface area contributed by atoms with Gasteiger partial charge >= 0.3 is 0 Å². The van der Waals surface area contributed by atoms with Crippen LogP contribution in [0.25, 0.3) is 32.3 Å². The van der Waals surface area contributed by atoms with Gasteiger partial charge in [-0.25, -0.2) is 0 Å². The first-order chi connectivity index (χ1) is 30.7. The summed E-state index contributed by atoms with van der Waals surface area (Å²) >= 11 is 0. The third-order valence-corrected chi connectivity index (χ3v) is 16.2. The molecule has 320 valence electrons. The van der Waals surface area contributed by atoms with Crippen molar-refractivity contribution >= 4 is 66.4 Å². The lowest BCUT2D eigenvalue weighted by molar-refractivity contribution is 0.403. The molecule has 0 N–H and O–H groups in total. The summed E-state index contributed by atoms with van der Waals surface area (Å²) in [7, 11) is 0. The third-order valence-electron chi connectivity index (χ3n) is 16.2. The quantitative estimate of drug-likeness (QED) is 0.154. The van der Waals surface area contributed by atoms with Gasteiger partial charge in [-0.05, 0) is 213 Å². The van der Waals surface area contributed by atoms with Crippen molar-refractivity contribution in [2.24, 2.45) is 0 Å². The number of hydrogen-bond donors (Lipinski definition) is 0. The Morgan fingerprint density at radius 2 is 0.938 bits per heavy atom. The fraction of sp³-hybridized carbons (Fsp3) is 0.323. The van der Waals surface area contributed by atoms with E-state index in [2.05, 4.69) is 193 Å². The summed E-state index contributed by atoms with van der Waals surface area (Å²) in [4.78, 5) is 5.20. The molecule has 12 rings (SSSR count). The molecule has 64 heavy (non-hydrogen) atoms. The molecule has 0 saturated carbocycles. The molecule has 0 heterocycles. The van der Waals surface area contributed by atoms with Crippen LogP contribution in [0.3, 0.4) is 0 Å². The van der Waals surface area contributed by atoms with Crippen molar-refractivity contribution in [3.05, 3.63) is 177 Å². The molecular weight excluding hydrogens is 773 g/mol. The van der Waals surface area contributed by atoms with Crippen LogP contribution in [0.4, 0.5) is 34.1 Å². The van der Waals surface area contributed by atoms with Gasteiger partial charge in [0.2, 0.25) is 0 Å². The van der Waals surface area contributed by atoms with Crippen LogP contribution >= 0.6 is 0 Å². The summed E-state index contributed by atoms with van der Waals surface area (Å²) < 4.78 is 0. The van der Waals surface area contributed by atoms with Crippen molar-refractivity contribution in [1.29, 1.82) is 0 Å². The van der Waals surface area contributed by atoms with E-state index >= 15 is 0 Å². The number of rotatable bonds is 6. The molecule has 2 nitrogen and oxygen atoms in total. The fourth-order valence-electron chi connectivity index (χ4n) is 13.5. The maximum absolute atomic E-state index is 2.60. The lowest BCUT2D eigenvalue weighted by Crippen LogP contribution is -2.18. The zero-order valence-electron chi connectivity index (χ0n) is 39.3. The van der Waals surface area contributed by atoms with Gasteiger partial charge in [-0.15, -0.1) is 0 Å². The van der Waals surface area contributed by atoms with Gasteiger partial charge in [0.05, 0.1) is 11.4 Å². The molecule has 1 atom stereocenters. The van der Waals surface area contributed by atoms with Crippen molar-refractivity contribution in [3.8, 4) is 0 Å². The molecule has 1 unspecified atom stereocenters. The number of fused-ring (bicyclic) bond motifs is 9. The first-order valence-electron chi connectivity index (χ1n) is 24.3. The van der Waals surface area contributed by atoms with E-state index in [4.69, 9.17) is 0 Å². The molecule has 0 fully saturated rings. The normalized spacial score (nSPS) is 18.7. The van der Waals surface area contributed by atoms with E-state index in [0.29, 0.717) is 5.92 Å². The van der Waals surface area contributed by atoms with E-state index in [-0.39, 0.29) is 16.2 Å². The van der Waals surface area contributed by atoms with Crippen molar-refractivity contribution < 1.29 is 0 Å². The highest BCUT2D eigenvalue weighted by Crippen LogP contribution is 2.54. The van der Waals surface area contributed by atoms with Crippen LogP contribution in [0.2, 0.25) is 0 Å². The Morgan fingerprint density at radius 3 is 1.59 bits per heavy atom. The third kappa shape index (κ3) is 6.11. The molecule has 0 aromatic heterocycles. The van der Waals surface area contributed by atoms with Gasteiger partial charge in [0.25, 0.3) is 0 Å². The molecule has 8 aromatic carbocycles. The van der Waals surface area contributed by atoms with Crippen LogP contribution < -0.4 is 9.80 Å². The van der Waals surface area contributed by atoms with E-state index in [1.807, 2.05) is 0 Å². The first-order valence-corrected chi connectivity index (χ1v) is 24.3. The van der Waals surface area contributed by atoms with Crippen molar-refractivity contribution in [2.45, 2.75) is 129 Å². The lowest BCUT2D eigenvalue weighted by Gasteiger charge is -2.31. The van der Waals surface area contributed by atoms with Crippen LogP contribution in [0, 0.1) is 6.92 Å². The minimum atomic E-state index is 0.0892. The van der Waals surface area contributed by atoms with Crippen LogP contribution in [0.15, 0.2) is 127 Å². The SMILES string of the molecule is Cc1ccc2c(c1)c(N(c1ccc3c(c1)CCC3)c1ccc3c(c1)C(C)(C)CC3C)cc1c3ccccc3c(N(c3ccc4c(c3)CCC4)c3ccc4c(c3)C(C)(C)CC4(C)C)cc21. The second-order valence-corrected chi connectivity index (χ2v) is 22.2. The van der Waals surface area contributed by atoms with Gasteiger partial charge < -0.3 is 9.80 Å². The fourth-order valence-corrected chi connectivity index (χ4v) is 13.5. The molecule has 4 aliphatic carbocycles. The first kappa shape index (κ1) is 39.7. The summed E-state index contributed by atoms with van der Waals surface area (Å²) in [5, 5.41) is 7.71. The Morgan fingerprint density at radius 1 is 0.422 bits per heavy atom. The lowest BCUT2D eigenvalue weighted by atomic mass is 9.82. The molecule has 0 bridgehead atoms. The summed E-state index contributed by atoms with van der Waals surface area (Å²) in [6, 6.07) is 50.9. The van der Waals surface area contributed by atoms with E-state index in [0.717, 1.165) is 19.3 Å². The second-order valence-electron chi connectivity index (χ2n) is 22.2. The zero-order chi connectivity index (χ0) is 43.9. The zero-order valence-corrected chi connectivity index (χ0v) is 39.3. The summed E-state index contributed by atoms with van der Waals surface area (Å²) in [6.45, 7) is 19.3. The maximum Gasteiger partial charge on any atom is 0.0546 e. The molecule has 0 saturated heterocycles. The average molecular weight is 835 g/mol. The second kappa shape index (κ2) is 14.1. The van der Waals surface area contributed by atoms with Crippen LogP contribution in [-0.2, 0) is 41.9 Å². The Kier molecular flexibility index (Phi) is 8.73. The molecule has 0 radical (unpaired) electrons. The number of aryl methyl sites for hydroxylation is 5. The molecular formula is C62H62N2. The Hall–Kier alpha value is -5.86. The largest absolute Gasteiger partial charge is 0.310 e.